The molecule has 1 unspecified atom stereocenters. The van der Waals surface area contributed by atoms with Gasteiger partial charge in [0.25, 0.3) is 0 Å². The van der Waals surface area contributed by atoms with Gasteiger partial charge >= 0.3 is 0 Å². The van der Waals surface area contributed by atoms with Crippen LogP contribution in [0.3, 0.4) is 0 Å². The molecule has 2 heterocycles. The summed E-state index contributed by atoms with van der Waals surface area (Å²) in [6.07, 6.45) is 5.21. The van der Waals surface area contributed by atoms with Gasteiger partial charge in [0.2, 0.25) is 5.91 Å². The highest BCUT2D eigenvalue weighted by Gasteiger charge is 2.17. The molecule has 19 heavy (non-hydrogen) atoms. The molecule has 2 rings (SSSR count). The Kier molecular flexibility index (Phi) is 3.66. The van der Waals surface area contributed by atoms with Gasteiger partial charge in [0.15, 0.2) is 0 Å². The molecule has 2 aromatic heterocycles. The lowest BCUT2D eigenvalue weighted by Crippen LogP contribution is -2.33. The molecule has 102 valence electrons. The van der Waals surface area contributed by atoms with E-state index in [9.17, 15) is 4.79 Å². The van der Waals surface area contributed by atoms with Crippen LogP contribution in [0.1, 0.15) is 22.9 Å². The van der Waals surface area contributed by atoms with Gasteiger partial charge in [-0.25, -0.2) is 0 Å². The average molecular weight is 262 g/mol. The predicted molar refractivity (Wildman–Crippen MR) is 69.9 cm³/mol. The highest BCUT2D eigenvalue weighted by atomic mass is 16.2. The van der Waals surface area contributed by atoms with Gasteiger partial charge in [-0.1, -0.05) is 0 Å². The molecule has 1 atom stereocenters. The molecule has 0 saturated carbocycles. The summed E-state index contributed by atoms with van der Waals surface area (Å²) >= 11 is 0. The van der Waals surface area contributed by atoms with Crippen molar-refractivity contribution in [2.45, 2.75) is 19.5 Å². The summed E-state index contributed by atoms with van der Waals surface area (Å²) in [7, 11) is 3.63. The first-order valence-electron chi connectivity index (χ1n) is 5.98. The molecule has 3 N–H and O–H groups in total. The molecule has 2 aromatic rings. The van der Waals surface area contributed by atoms with Crippen LogP contribution in [-0.4, -0.2) is 25.5 Å². The number of nitrogens with one attached hydrogen (secondary N) is 1. The summed E-state index contributed by atoms with van der Waals surface area (Å²) in [5.74, 6) is -0.226. The van der Waals surface area contributed by atoms with Gasteiger partial charge in [-0.3, -0.25) is 14.2 Å². The van der Waals surface area contributed by atoms with Crippen LogP contribution in [0.25, 0.3) is 0 Å². The molecular weight excluding hydrogens is 244 g/mol. The fourth-order valence-corrected chi connectivity index (χ4v) is 1.87. The van der Waals surface area contributed by atoms with Gasteiger partial charge in [0.05, 0.1) is 11.9 Å². The van der Waals surface area contributed by atoms with Gasteiger partial charge in [0.1, 0.15) is 6.04 Å². The minimum Gasteiger partial charge on any atom is -0.350 e. The van der Waals surface area contributed by atoms with Crippen LogP contribution in [0.15, 0.2) is 18.6 Å². The first kappa shape index (κ1) is 13.3. The third-order valence-electron chi connectivity index (χ3n) is 2.93. The largest absolute Gasteiger partial charge is 0.350 e. The molecule has 7 nitrogen and oxygen atoms in total. The molecule has 0 spiro atoms. The summed E-state index contributed by atoms with van der Waals surface area (Å²) in [5.41, 5.74) is 8.45. The molecule has 7 heteroatoms. The van der Waals surface area contributed by atoms with E-state index in [1.54, 1.807) is 28.8 Å². The second-order valence-electron chi connectivity index (χ2n) is 4.56. The summed E-state index contributed by atoms with van der Waals surface area (Å²) in [5, 5.41) is 11.0. The molecule has 0 fully saturated rings. The number of aromatic nitrogens is 4. The lowest BCUT2D eigenvalue weighted by molar-refractivity contribution is -0.122. The number of carbonyl (C=O) groups is 1. The van der Waals surface area contributed by atoms with Gasteiger partial charge in [-0.15, -0.1) is 0 Å². The molecule has 0 aliphatic carbocycles. The van der Waals surface area contributed by atoms with Crippen LogP contribution in [-0.2, 0) is 25.4 Å². The normalized spacial score (nSPS) is 12.4. The van der Waals surface area contributed by atoms with Crippen LogP contribution >= 0.6 is 0 Å². The van der Waals surface area contributed by atoms with Crippen LogP contribution in [0.4, 0.5) is 0 Å². The molecule has 0 radical (unpaired) electrons. The van der Waals surface area contributed by atoms with E-state index < -0.39 is 6.04 Å². The first-order valence-corrected chi connectivity index (χ1v) is 5.98. The van der Waals surface area contributed by atoms with Crippen molar-refractivity contribution in [3.05, 3.63) is 35.4 Å². The molecular formula is C12H18N6O. The van der Waals surface area contributed by atoms with Gasteiger partial charge < -0.3 is 11.1 Å². The number of aryl methyl sites for hydroxylation is 3. The second kappa shape index (κ2) is 5.23. The van der Waals surface area contributed by atoms with E-state index in [0.29, 0.717) is 12.1 Å². The van der Waals surface area contributed by atoms with Gasteiger partial charge in [-0.05, 0) is 6.92 Å². The summed E-state index contributed by atoms with van der Waals surface area (Å²) in [6.45, 7) is 2.33. The fourth-order valence-electron chi connectivity index (χ4n) is 1.87. The van der Waals surface area contributed by atoms with E-state index in [1.807, 2.05) is 20.2 Å². The number of rotatable bonds is 4. The van der Waals surface area contributed by atoms with Crippen LogP contribution in [0.5, 0.6) is 0 Å². The minimum atomic E-state index is -0.703. The van der Waals surface area contributed by atoms with E-state index in [-0.39, 0.29) is 5.91 Å². The standard InChI is InChI=1S/C12H18N6O/c1-8-9(6-18(3)16-8)4-14-12(19)11(13)10-5-15-17(2)7-10/h5-7,11H,4,13H2,1-3H3,(H,14,19). The van der Waals surface area contributed by atoms with Crippen molar-refractivity contribution in [3.8, 4) is 0 Å². The van der Waals surface area contributed by atoms with Crippen molar-refractivity contribution in [3.63, 3.8) is 0 Å². The van der Waals surface area contributed by atoms with Gasteiger partial charge in [0, 0.05) is 44.2 Å². The van der Waals surface area contributed by atoms with E-state index in [4.69, 9.17) is 5.73 Å². The van der Waals surface area contributed by atoms with E-state index >= 15 is 0 Å². The lowest BCUT2D eigenvalue weighted by Gasteiger charge is -2.10. The highest BCUT2D eigenvalue weighted by Crippen LogP contribution is 2.09. The van der Waals surface area contributed by atoms with Crippen molar-refractivity contribution >= 4 is 5.91 Å². The van der Waals surface area contributed by atoms with Crippen molar-refractivity contribution in [1.82, 2.24) is 24.9 Å². The number of nitrogens with two attached hydrogens (primary N) is 1. The minimum absolute atomic E-state index is 0.226. The van der Waals surface area contributed by atoms with Crippen LogP contribution in [0, 0.1) is 6.92 Å². The Bertz CT molecular complexity index is 585. The maximum atomic E-state index is 11.9. The molecule has 0 bridgehead atoms. The third-order valence-corrected chi connectivity index (χ3v) is 2.93. The van der Waals surface area contributed by atoms with Crippen molar-refractivity contribution in [1.29, 1.82) is 0 Å². The Morgan fingerprint density at radius 3 is 2.68 bits per heavy atom. The van der Waals surface area contributed by atoms with E-state index in [1.165, 1.54) is 0 Å². The smallest absolute Gasteiger partial charge is 0.241 e. The van der Waals surface area contributed by atoms with Crippen LogP contribution in [0.2, 0.25) is 0 Å². The van der Waals surface area contributed by atoms with Crippen molar-refractivity contribution < 1.29 is 4.79 Å². The molecule has 0 aliphatic rings. The summed E-state index contributed by atoms with van der Waals surface area (Å²) < 4.78 is 3.34. The summed E-state index contributed by atoms with van der Waals surface area (Å²) in [4.78, 5) is 11.9. The highest BCUT2D eigenvalue weighted by molar-refractivity contribution is 5.82. The van der Waals surface area contributed by atoms with E-state index in [2.05, 4.69) is 15.5 Å². The zero-order valence-electron chi connectivity index (χ0n) is 11.3. The topological polar surface area (TPSA) is 90.8 Å². The number of hydrogen-bond acceptors (Lipinski definition) is 4. The molecule has 1 amide bonds. The quantitative estimate of drug-likeness (QED) is 0.797. The second-order valence-corrected chi connectivity index (χ2v) is 4.56. The Balaban J connectivity index is 1.96. The number of nitrogens with zero attached hydrogens (tertiary/aromatic N) is 4. The van der Waals surface area contributed by atoms with Gasteiger partial charge in [-0.2, -0.15) is 10.2 Å². The van der Waals surface area contributed by atoms with Crippen LogP contribution < -0.4 is 11.1 Å². The maximum absolute atomic E-state index is 11.9. The maximum Gasteiger partial charge on any atom is 0.241 e. The number of carbonyl (C=O) groups excluding carboxylic acids is 1. The molecule has 0 saturated heterocycles. The number of hydrogen-bond donors (Lipinski definition) is 2. The zero-order valence-corrected chi connectivity index (χ0v) is 11.3. The zero-order chi connectivity index (χ0) is 14.0. The molecule has 0 aliphatic heterocycles. The van der Waals surface area contributed by atoms with Crippen molar-refractivity contribution in [2.75, 3.05) is 0 Å². The predicted octanol–water partition coefficient (Wildman–Crippen LogP) is -0.222. The lowest BCUT2D eigenvalue weighted by atomic mass is 10.1. The average Bonchev–Trinajstić information content (AvgIpc) is 2.91. The monoisotopic (exact) mass is 262 g/mol. The van der Waals surface area contributed by atoms with E-state index in [0.717, 1.165) is 11.3 Å². The number of amides is 1. The molecule has 0 aromatic carbocycles. The Labute approximate surface area is 111 Å². The third kappa shape index (κ3) is 3.00. The Hall–Kier alpha value is -2.15. The fraction of sp³-hybridized carbons (Fsp3) is 0.417. The SMILES string of the molecule is Cc1nn(C)cc1CNC(=O)C(N)c1cnn(C)c1. The van der Waals surface area contributed by atoms with Crippen molar-refractivity contribution in [2.24, 2.45) is 19.8 Å². The Morgan fingerprint density at radius 1 is 1.42 bits per heavy atom. The summed E-state index contributed by atoms with van der Waals surface area (Å²) in [6, 6.07) is -0.703. The Morgan fingerprint density at radius 2 is 2.16 bits per heavy atom. The first-order chi connectivity index (χ1) is 8.97.